The summed E-state index contributed by atoms with van der Waals surface area (Å²) in [5, 5.41) is 7.25. The molecule has 0 spiro atoms. The van der Waals surface area contributed by atoms with Gasteiger partial charge in [0.2, 0.25) is 0 Å². The summed E-state index contributed by atoms with van der Waals surface area (Å²) in [5.41, 5.74) is 3.04. The van der Waals surface area contributed by atoms with Crippen LogP contribution in [0.15, 0.2) is 47.5 Å². The van der Waals surface area contributed by atoms with E-state index in [1.54, 1.807) is 19.5 Å². The van der Waals surface area contributed by atoms with Crippen molar-refractivity contribution in [2.75, 3.05) is 41.0 Å². The summed E-state index contributed by atoms with van der Waals surface area (Å²) >= 11 is 0. The van der Waals surface area contributed by atoms with E-state index in [0.29, 0.717) is 42.1 Å². The summed E-state index contributed by atoms with van der Waals surface area (Å²) in [6, 6.07) is 9.55. The van der Waals surface area contributed by atoms with Gasteiger partial charge in [-0.25, -0.2) is 4.98 Å². The van der Waals surface area contributed by atoms with Gasteiger partial charge in [0.05, 0.1) is 31.2 Å². The largest absolute Gasteiger partial charge is 0.494 e. The molecule has 1 aliphatic rings. The first kappa shape index (κ1) is 22.0. The average Bonchev–Trinajstić information content (AvgIpc) is 3.38. The lowest BCUT2D eigenvalue weighted by Crippen LogP contribution is -2.24. The molecule has 9 heteroatoms. The molecular formula is C25H27N5O4. The molecule has 0 saturated heterocycles. The molecule has 0 fully saturated rings. The third kappa shape index (κ3) is 4.34. The van der Waals surface area contributed by atoms with Crippen molar-refractivity contribution in [3.63, 3.8) is 0 Å². The van der Waals surface area contributed by atoms with Crippen molar-refractivity contribution in [1.29, 1.82) is 0 Å². The molecule has 1 atom stereocenters. The summed E-state index contributed by atoms with van der Waals surface area (Å²) in [6.07, 6.45) is 4.15. The van der Waals surface area contributed by atoms with Gasteiger partial charge in [-0.15, -0.1) is 0 Å². The highest BCUT2D eigenvalue weighted by Crippen LogP contribution is 2.35. The van der Waals surface area contributed by atoms with E-state index in [1.807, 2.05) is 44.4 Å². The number of benzene rings is 2. The molecule has 5 rings (SSSR count). The van der Waals surface area contributed by atoms with Gasteiger partial charge in [-0.3, -0.25) is 9.89 Å². The van der Waals surface area contributed by atoms with E-state index in [-0.39, 0.29) is 11.5 Å². The molecule has 9 nitrogen and oxygen atoms in total. The van der Waals surface area contributed by atoms with E-state index in [4.69, 9.17) is 19.2 Å². The highest BCUT2D eigenvalue weighted by molar-refractivity contribution is 5.89. The molecule has 0 saturated carbocycles. The zero-order valence-electron chi connectivity index (χ0n) is 19.4. The highest BCUT2D eigenvalue weighted by atomic mass is 16.5. The third-order valence-corrected chi connectivity index (χ3v) is 5.98. The van der Waals surface area contributed by atoms with Gasteiger partial charge < -0.3 is 24.1 Å². The van der Waals surface area contributed by atoms with Crippen molar-refractivity contribution in [1.82, 2.24) is 25.1 Å². The molecule has 1 aliphatic heterocycles. The molecule has 4 aromatic rings. The fourth-order valence-corrected chi connectivity index (χ4v) is 4.14. The Hall–Kier alpha value is -3.85. The minimum Gasteiger partial charge on any atom is -0.494 e. The smallest absolute Gasteiger partial charge is 0.258 e. The van der Waals surface area contributed by atoms with Crippen LogP contribution in [0.1, 0.15) is 17.3 Å². The predicted molar refractivity (Wildman–Crippen MR) is 129 cm³/mol. The SMILES string of the molecule is COc1cc(-c2cn[nH]c2)cc2c(=O)[nH]c(C3COc4ccc(OCCN(C)C)cc4C3)nc12. The second-order valence-corrected chi connectivity index (χ2v) is 8.65. The van der Waals surface area contributed by atoms with Crippen LogP contribution in [0.2, 0.25) is 0 Å². The Morgan fingerprint density at radius 2 is 2.09 bits per heavy atom. The molecule has 2 aromatic heterocycles. The Morgan fingerprint density at radius 1 is 1.21 bits per heavy atom. The Bertz CT molecular complexity index is 1360. The Labute approximate surface area is 196 Å². The first-order valence-electron chi connectivity index (χ1n) is 11.2. The average molecular weight is 462 g/mol. The molecular weight excluding hydrogens is 434 g/mol. The fourth-order valence-electron chi connectivity index (χ4n) is 4.14. The number of rotatable bonds is 7. The van der Waals surface area contributed by atoms with Gasteiger partial charge in [0.15, 0.2) is 0 Å². The molecule has 34 heavy (non-hydrogen) atoms. The van der Waals surface area contributed by atoms with E-state index in [1.165, 1.54) is 0 Å². The number of nitrogens with zero attached hydrogens (tertiary/aromatic N) is 3. The standard InChI is InChI=1S/C25H27N5O4/c1-30(2)6-7-33-19-4-5-21-16(9-19)8-17(14-34-21)24-28-23-20(25(31)29-24)10-15(11-22(23)32-3)18-12-26-27-13-18/h4-5,9-13,17H,6-8,14H2,1-3H3,(H,26,27)(H,28,29,31). The van der Waals surface area contributed by atoms with Crippen molar-refractivity contribution in [2.45, 2.75) is 12.3 Å². The van der Waals surface area contributed by atoms with Gasteiger partial charge in [-0.2, -0.15) is 5.10 Å². The maximum Gasteiger partial charge on any atom is 0.258 e. The Morgan fingerprint density at radius 3 is 2.85 bits per heavy atom. The number of methoxy groups -OCH3 is 1. The van der Waals surface area contributed by atoms with Crippen molar-refractivity contribution in [3.05, 3.63) is 64.5 Å². The third-order valence-electron chi connectivity index (χ3n) is 5.98. The molecule has 3 heterocycles. The molecule has 0 radical (unpaired) electrons. The number of H-pyrrole nitrogens is 2. The lowest BCUT2D eigenvalue weighted by Gasteiger charge is -2.25. The number of ether oxygens (including phenoxy) is 3. The number of aromatic nitrogens is 4. The molecule has 2 N–H and O–H groups in total. The maximum atomic E-state index is 13.1. The number of hydrogen-bond donors (Lipinski definition) is 2. The lowest BCUT2D eigenvalue weighted by atomic mass is 9.95. The molecule has 2 aromatic carbocycles. The summed E-state index contributed by atoms with van der Waals surface area (Å²) < 4.78 is 17.5. The maximum absolute atomic E-state index is 13.1. The molecule has 176 valence electrons. The Kier molecular flexibility index (Phi) is 5.93. The van der Waals surface area contributed by atoms with Crippen LogP contribution in [0, 0.1) is 0 Å². The highest BCUT2D eigenvalue weighted by Gasteiger charge is 2.25. The van der Waals surface area contributed by atoms with Crippen molar-refractivity contribution in [2.24, 2.45) is 0 Å². The number of hydrogen-bond acceptors (Lipinski definition) is 7. The van der Waals surface area contributed by atoms with Crippen LogP contribution < -0.4 is 19.8 Å². The quantitative estimate of drug-likeness (QED) is 0.436. The first-order valence-corrected chi connectivity index (χ1v) is 11.2. The van der Waals surface area contributed by atoms with Gasteiger partial charge in [-0.1, -0.05) is 0 Å². The summed E-state index contributed by atoms with van der Waals surface area (Å²) in [4.78, 5) is 22.9. The Balaban J connectivity index is 1.45. The minimum atomic E-state index is -0.213. The van der Waals surface area contributed by atoms with Crippen LogP contribution in [0.4, 0.5) is 0 Å². The summed E-state index contributed by atoms with van der Waals surface area (Å²) in [5.74, 6) is 2.66. The van der Waals surface area contributed by atoms with E-state index < -0.39 is 0 Å². The first-order chi connectivity index (χ1) is 16.5. The van der Waals surface area contributed by atoms with E-state index in [2.05, 4.69) is 20.1 Å². The molecule has 0 bridgehead atoms. The van der Waals surface area contributed by atoms with Gasteiger partial charge in [0, 0.05) is 18.3 Å². The van der Waals surface area contributed by atoms with Crippen molar-refractivity contribution >= 4 is 10.9 Å². The van der Waals surface area contributed by atoms with Crippen molar-refractivity contribution in [3.8, 4) is 28.4 Å². The van der Waals surface area contributed by atoms with E-state index in [0.717, 1.165) is 34.7 Å². The van der Waals surface area contributed by atoms with Crippen LogP contribution in [-0.4, -0.2) is 66.0 Å². The second kappa shape index (κ2) is 9.18. The lowest BCUT2D eigenvalue weighted by molar-refractivity contribution is 0.250. The van der Waals surface area contributed by atoms with Crippen LogP contribution in [0.3, 0.4) is 0 Å². The van der Waals surface area contributed by atoms with E-state index in [9.17, 15) is 4.79 Å². The van der Waals surface area contributed by atoms with E-state index >= 15 is 0 Å². The van der Waals surface area contributed by atoms with Gasteiger partial charge in [-0.05, 0) is 62.0 Å². The molecule has 1 unspecified atom stereocenters. The van der Waals surface area contributed by atoms with Crippen LogP contribution >= 0.6 is 0 Å². The number of fused-ring (bicyclic) bond motifs is 2. The monoisotopic (exact) mass is 461 g/mol. The van der Waals surface area contributed by atoms with Gasteiger partial charge >= 0.3 is 0 Å². The van der Waals surface area contributed by atoms with Crippen molar-refractivity contribution < 1.29 is 14.2 Å². The number of likely N-dealkylation sites (N-methyl/N-ethyl adjacent to an activating group) is 1. The zero-order valence-corrected chi connectivity index (χ0v) is 19.4. The molecule has 0 amide bonds. The second-order valence-electron chi connectivity index (χ2n) is 8.65. The van der Waals surface area contributed by atoms with Gasteiger partial charge in [0.1, 0.15) is 35.2 Å². The summed E-state index contributed by atoms with van der Waals surface area (Å²) in [7, 11) is 5.60. The normalized spacial score (nSPS) is 15.2. The topological polar surface area (TPSA) is 105 Å². The fraction of sp³-hybridized carbons (Fsp3) is 0.320. The van der Waals surface area contributed by atoms with Crippen LogP contribution in [-0.2, 0) is 6.42 Å². The minimum absolute atomic E-state index is 0.0973. The molecule has 0 aliphatic carbocycles. The predicted octanol–water partition coefficient (Wildman–Crippen LogP) is 2.98. The number of aromatic amines is 2. The van der Waals surface area contributed by atoms with Gasteiger partial charge in [0.25, 0.3) is 5.56 Å². The van der Waals surface area contributed by atoms with Crippen LogP contribution in [0.25, 0.3) is 22.0 Å². The number of nitrogens with one attached hydrogen (secondary N) is 2. The zero-order chi connectivity index (χ0) is 23.7. The van der Waals surface area contributed by atoms with Crippen LogP contribution in [0.5, 0.6) is 17.2 Å². The summed E-state index contributed by atoms with van der Waals surface area (Å²) in [6.45, 7) is 1.87.